The molecule has 1 N–H and O–H groups in total. The Morgan fingerprint density at radius 1 is 1.53 bits per heavy atom. The van der Waals surface area contributed by atoms with Crippen molar-refractivity contribution in [1.82, 2.24) is 15.0 Å². The van der Waals surface area contributed by atoms with E-state index in [1.165, 1.54) is 7.11 Å². The van der Waals surface area contributed by atoms with Crippen LogP contribution in [-0.4, -0.2) is 28.0 Å². The maximum absolute atomic E-state index is 11.7. The predicted octanol–water partition coefficient (Wildman–Crippen LogP) is 0.424. The fraction of sp³-hybridized carbons (Fsp3) is 0.273. The number of ether oxygens (including phenoxy) is 1. The molecule has 2 aromatic heterocycles. The average Bonchev–Trinajstić information content (AvgIpc) is 2.36. The lowest BCUT2D eigenvalue weighted by atomic mass is 10.3. The van der Waals surface area contributed by atoms with Crippen LogP contribution < -0.4 is 5.56 Å². The minimum Gasteiger partial charge on any atom is -0.469 e. The first-order chi connectivity index (χ1) is 8.20. The van der Waals surface area contributed by atoms with Gasteiger partial charge in [-0.25, -0.2) is 9.97 Å². The summed E-state index contributed by atoms with van der Waals surface area (Å²) in [5, 5.41) is 0.439. The van der Waals surface area contributed by atoms with Crippen molar-refractivity contribution in [2.45, 2.75) is 12.8 Å². The number of hydrogen-bond donors (Lipinski definition) is 1. The molecular weight excluding hydrogens is 222 g/mol. The van der Waals surface area contributed by atoms with E-state index in [9.17, 15) is 9.59 Å². The summed E-state index contributed by atoms with van der Waals surface area (Å²) in [6.45, 7) is 0. The number of fused-ring (bicyclic) bond motifs is 1. The molecule has 0 spiro atoms. The van der Waals surface area contributed by atoms with Crippen molar-refractivity contribution in [3.05, 3.63) is 34.5 Å². The molecule has 17 heavy (non-hydrogen) atoms. The summed E-state index contributed by atoms with van der Waals surface area (Å²) in [6, 6.07) is 3.33. The number of aromatic nitrogens is 3. The molecule has 0 aliphatic rings. The van der Waals surface area contributed by atoms with Crippen LogP contribution in [0.2, 0.25) is 0 Å². The van der Waals surface area contributed by atoms with Crippen molar-refractivity contribution in [1.29, 1.82) is 0 Å². The molecule has 0 aliphatic heterocycles. The summed E-state index contributed by atoms with van der Waals surface area (Å²) in [7, 11) is 1.32. The molecule has 0 saturated heterocycles. The van der Waals surface area contributed by atoms with Gasteiger partial charge in [-0.1, -0.05) is 0 Å². The van der Waals surface area contributed by atoms with E-state index in [1.54, 1.807) is 18.3 Å². The van der Waals surface area contributed by atoms with Gasteiger partial charge in [0.25, 0.3) is 5.56 Å². The smallest absolute Gasteiger partial charge is 0.305 e. The second-order valence-corrected chi connectivity index (χ2v) is 3.46. The third-order valence-corrected chi connectivity index (χ3v) is 2.32. The van der Waals surface area contributed by atoms with E-state index in [4.69, 9.17) is 0 Å². The fourth-order valence-corrected chi connectivity index (χ4v) is 1.46. The maximum atomic E-state index is 11.7. The molecule has 0 amide bonds. The molecule has 6 heteroatoms. The fourth-order valence-electron chi connectivity index (χ4n) is 1.46. The van der Waals surface area contributed by atoms with Crippen molar-refractivity contribution >= 4 is 17.0 Å². The SMILES string of the molecule is COC(=O)CCc1nc2ncccc2c(=O)[nH]1. The standard InChI is InChI=1S/C11H11N3O3/c1-17-9(15)5-4-8-13-10-7(11(16)14-8)3-2-6-12-10/h2-3,6H,4-5H2,1H3,(H,12,13,14,16). The lowest BCUT2D eigenvalue weighted by molar-refractivity contribution is -0.140. The number of rotatable bonds is 3. The monoisotopic (exact) mass is 233 g/mol. The van der Waals surface area contributed by atoms with Crippen LogP contribution in [0.4, 0.5) is 0 Å². The molecule has 6 nitrogen and oxygen atoms in total. The maximum Gasteiger partial charge on any atom is 0.305 e. The third-order valence-electron chi connectivity index (χ3n) is 2.32. The Kier molecular flexibility index (Phi) is 3.13. The largest absolute Gasteiger partial charge is 0.469 e. The van der Waals surface area contributed by atoms with Crippen molar-refractivity contribution in [3.63, 3.8) is 0 Å². The highest BCUT2D eigenvalue weighted by molar-refractivity contribution is 5.73. The van der Waals surface area contributed by atoms with Gasteiger partial charge in [0.2, 0.25) is 0 Å². The number of H-pyrrole nitrogens is 1. The van der Waals surface area contributed by atoms with E-state index in [2.05, 4.69) is 19.7 Å². The highest BCUT2D eigenvalue weighted by Crippen LogP contribution is 2.03. The molecule has 88 valence electrons. The Hall–Kier alpha value is -2.24. The van der Waals surface area contributed by atoms with Crippen LogP contribution in [0.1, 0.15) is 12.2 Å². The van der Waals surface area contributed by atoms with Crippen molar-refractivity contribution in [3.8, 4) is 0 Å². The Bertz CT molecular complexity index is 606. The predicted molar refractivity (Wildman–Crippen MR) is 60.5 cm³/mol. The van der Waals surface area contributed by atoms with Gasteiger partial charge in [0.15, 0.2) is 5.65 Å². The van der Waals surface area contributed by atoms with E-state index in [0.29, 0.717) is 23.3 Å². The lowest BCUT2D eigenvalue weighted by Gasteiger charge is -2.01. The van der Waals surface area contributed by atoms with Gasteiger partial charge < -0.3 is 9.72 Å². The van der Waals surface area contributed by atoms with E-state index in [0.717, 1.165) is 0 Å². The highest BCUT2D eigenvalue weighted by atomic mass is 16.5. The van der Waals surface area contributed by atoms with Crippen molar-refractivity contribution in [2.24, 2.45) is 0 Å². The van der Waals surface area contributed by atoms with Crippen LogP contribution in [0.5, 0.6) is 0 Å². The molecule has 0 unspecified atom stereocenters. The summed E-state index contributed by atoms with van der Waals surface area (Å²) in [4.78, 5) is 33.4. The van der Waals surface area contributed by atoms with Gasteiger partial charge in [0.05, 0.1) is 18.9 Å². The Morgan fingerprint density at radius 2 is 2.35 bits per heavy atom. The number of nitrogens with zero attached hydrogens (tertiary/aromatic N) is 2. The minimum absolute atomic E-state index is 0.178. The Morgan fingerprint density at radius 3 is 3.12 bits per heavy atom. The molecule has 0 aromatic carbocycles. The van der Waals surface area contributed by atoms with Crippen LogP contribution in [0, 0.1) is 0 Å². The first-order valence-electron chi connectivity index (χ1n) is 5.11. The van der Waals surface area contributed by atoms with Gasteiger partial charge >= 0.3 is 5.97 Å². The summed E-state index contributed by atoms with van der Waals surface area (Å²) in [6.07, 6.45) is 2.07. The molecule has 2 rings (SSSR count). The number of hydrogen-bond acceptors (Lipinski definition) is 5. The van der Waals surface area contributed by atoms with Crippen molar-refractivity contribution in [2.75, 3.05) is 7.11 Å². The quantitative estimate of drug-likeness (QED) is 0.777. The first kappa shape index (κ1) is 11.3. The van der Waals surface area contributed by atoms with E-state index in [1.807, 2.05) is 0 Å². The summed E-state index contributed by atoms with van der Waals surface area (Å²) < 4.78 is 4.52. The summed E-state index contributed by atoms with van der Waals surface area (Å²) in [5.41, 5.74) is 0.138. The van der Waals surface area contributed by atoms with Crippen LogP contribution in [0.25, 0.3) is 11.0 Å². The highest BCUT2D eigenvalue weighted by Gasteiger charge is 2.06. The lowest BCUT2D eigenvalue weighted by Crippen LogP contribution is -2.14. The number of carbonyl (C=O) groups is 1. The minimum atomic E-state index is -0.339. The number of carbonyl (C=O) groups excluding carboxylic acids is 1. The van der Waals surface area contributed by atoms with Crippen LogP contribution in [0.3, 0.4) is 0 Å². The third kappa shape index (κ3) is 2.47. The zero-order valence-electron chi connectivity index (χ0n) is 9.27. The number of esters is 1. The Balaban J connectivity index is 2.31. The molecular formula is C11H11N3O3. The van der Waals surface area contributed by atoms with Crippen LogP contribution in [-0.2, 0) is 16.0 Å². The van der Waals surface area contributed by atoms with Gasteiger partial charge in [-0.15, -0.1) is 0 Å². The molecule has 0 aliphatic carbocycles. The van der Waals surface area contributed by atoms with Gasteiger partial charge in [0.1, 0.15) is 5.82 Å². The molecule has 0 saturated carbocycles. The number of aryl methyl sites for hydroxylation is 1. The molecule has 2 aromatic rings. The van der Waals surface area contributed by atoms with Crippen LogP contribution >= 0.6 is 0 Å². The Labute approximate surface area is 96.7 Å². The number of methoxy groups -OCH3 is 1. The molecule has 0 bridgehead atoms. The zero-order valence-corrected chi connectivity index (χ0v) is 9.27. The normalized spacial score (nSPS) is 10.4. The van der Waals surface area contributed by atoms with Crippen LogP contribution in [0.15, 0.2) is 23.1 Å². The summed E-state index contributed by atoms with van der Waals surface area (Å²) >= 11 is 0. The molecule has 0 radical (unpaired) electrons. The average molecular weight is 233 g/mol. The number of aromatic amines is 1. The molecule has 0 atom stereocenters. The topological polar surface area (TPSA) is 84.9 Å². The summed E-state index contributed by atoms with van der Waals surface area (Å²) in [5.74, 6) is 0.0976. The molecule has 2 heterocycles. The molecule has 0 fully saturated rings. The second-order valence-electron chi connectivity index (χ2n) is 3.46. The zero-order chi connectivity index (χ0) is 12.3. The van der Waals surface area contributed by atoms with Gasteiger partial charge in [0, 0.05) is 12.6 Å². The van der Waals surface area contributed by atoms with Gasteiger partial charge in [-0.3, -0.25) is 9.59 Å². The second kappa shape index (κ2) is 4.73. The van der Waals surface area contributed by atoms with E-state index >= 15 is 0 Å². The van der Waals surface area contributed by atoms with Gasteiger partial charge in [-0.2, -0.15) is 0 Å². The number of nitrogens with one attached hydrogen (secondary N) is 1. The van der Waals surface area contributed by atoms with E-state index < -0.39 is 0 Å². The first-order valence-corrected chi connectivity index (χ1v) is 5.11. The van der Waals surface area contributed by atoms with E-state index in [-0.39, 0.29) is 17.9 Å². The van der Waals surface area contributed by atoms with Gasteiger partial charge in [-0.05, 0) is 12.1 Å². The number of pyridine rings is 1. The van der Waals surface area contributed by atoms with Crippen molar-refractivity contribution < 1.29 is 9.53 Å².